The van der Waals surface area contributed by atoms with E-state index in [0.717, 1.165) is 9.86 Å². The quantitative estimate of drug-likeness (QED) is 0.785. The fourth-order valence-electron chi connectivity index (χ4n) is 1.20. The van der Waals surface area contributed by atoms with Crippen LogP contribution >= 0.6 is 15.9 Å². The minimum absolute atomic E-state index is 0.105. The summed E-state index contributed by atoms with van der Waals surface area (Å²) in [4.78, 5) is 18.4. The molecule has 0 radical (unpaired) electrons. The van der Waals surface area contributed by atoms with Crippen molar-refractivity contribution in [3.63, 3.8) is 0 Å². The minimum atomic E-state index is 0.105. The highest BCUT2D eigenvalue weighted by Crippen LogP contribution is 2.21. The zero-order valence-corrected chi connectivity index (χ0v) is 8.65. The van der Waals surface area contributed by atoms with Crippen LogP contribution in [0.3, 0.4) is 0 Å². The number of benzene rings is 1. The van der Waals surface area contributed by atoms with Crippen molar-refractivity contribution in [3.05, 3.63) is 28.5 Å². The Balaban J connectivity index is 2.83. The minimum Gasteiger partial charge on any atom is -0.383 e. The second-order valence-electron chi connectivity index (χ2n) is 2.75. The van der Waals surface area contributed by atoms with Crippen molar-refractivity contribution in [1.82, 2.24) is 9.97 Å². The van der Waals surface area contributed by atoms with E-state index in [2.05, 4.69) is 25.9 Å². The van der Waals surface area contributed by atoms with Crippen molar-refractivity contribution >= 4 is 38.9 Å². The Hall–Kier alpha value is -1.49. The van der Waals surface area contributed by atoms with Crippen LogP contribution < -0.4 is 5.73 Å². The summed E-state index contributed by atoms with van der Waals surface area (Å²) < 4.78 is 0.889. The van der Waals surface area contributed by atoms with Gasteiger partial charge in [-0.3, -0.25) is 4.79 Å². The third-order valence-corrected chi connectivity index (χ3v) is 2.30. The van der Waals surface area contributed by atoms with Crippen molar-refractivity contribution < 1.29 is 4.79 Å². The number of hydrogen-bond donors (Lipinski definition) is 1. The van der Waals surface area contributed by atoms with E-state index in [1.165, 1.54) is 0 Å². The molecular formula is C9H6BrN3O. The van der Waals surface area contributed by atoms with Crippen LogP contribution in [-0.4, -0.2) is 16.3 Å². The summed E-state index contributed by atoms with van der Waals surface area (Å²) >= 11 is 3.31. The summed E-state index contributed by atoms with van der Waals surface area (Å²) in [5, 5.41) is 0.749. The van der Waals surface area contributed by atoms with Gasteiger partial charge in [-0.2, -0.15) is 0 Å². The van der Waals surface area contributed by atoms with Crippen molar-refractivity contribution in [2.45, 2.75) is 0 Å². The molecule has 1 aromatic heterocycles. The third-order valence-electron chi connectivity index (χ3n) is 1.81. The van der Waals surface area contributed by atoms with E-state index in [9.17, 15) is 4.79 Å². The Bertz CT molecular complexity index is 513. The first-order valence-electron chi connectivity index (χ1n) is 3.88. The summed E-state index contributed by atoms with van der Waals surface area (Å²) in [6.07, 6.45) is 0.580. The third kappa shape index (κ3) is 1.46. The number of aromatic nitrogens is 2. The average Bonchev–Trinajstić information content (AvgIpc) is 2.16. The maximum atomic E-state index is 10.5. The Kier molecular flexibility index (Phi) is 2.17. The van der Waals surface area contributed by atoms with E-state index >= 15 is 0 Å². The molecule has 0 spiro atoms. The van der Waals surface area contributed by atoms with E-state index in [-0.39, 0.29) is 5.82 Å². The van der Waals surface area contributed by atoms with Crippen LogP contribution in [0.25, 0.3) is 10.9 Å². The van der Waals surface area contributed by atoms with Gasteiger partial charge in [0.25, 0.3) is 0 Å². The van der Waals surface area contributed by atoms with Gasteiger partial charge in [-0.05, 0) is 18.2 Å². The highest BCUT2D eigenvalue weighted by Gasteiger charge is 2.04. The molecule has 2 N–H and O–H groups in total. The molecular weight excluding hydrogens is 246 g/mol. The molecule has 5 heteroatoms. The second kappa shape index (κ2) is 3.34. The Morgan fingerprint density at radius 2 is 2.14 bits per heavy atom. The van der Waals surface area contributed by atoms with E-state index in [1.807, 2.05) is 12.1 Å². The number of fused-ring (bicyclic) bond motifs is 1. The first-order valence-corrected chi connectivity index (χ1v) is 4.68. The summed E-state index contributed by atoms with van der Waals surface area (Å²) in [5.41, 5.74) is 6.32. The molecule has 0 bridgehead atoms. The van der Waals surface area contributed by atoms with Gasteiger partial charge >= 0.3 is 0 Å². The van der Waals surface area contributed by atoms with Crippen LogP contribution in [0.1, 0.15) is 10.6 Å². The smallest absolute Gasteiger partial charge is 0.195 e. The number of anilines is 1. The van der Waals surface area contributed by atoms with Gasteiger partial charge in [0.15, 0.2) is 12.1 Å². The van der Waals surface area contributed by atoms with Crippen LogP contribution in [0.4, 0.5) is 5.82 Å². The van der Waals surface area contributed by atoms with Crippen LogP contribution in [-0.2, 0) is 0 Å². The van der Waals surface area contributed by atoms with Gasteiger partial charge in [0, 0.05) is 9.86 Å². The van der Waals surface area contributed by atoms with Crippen molar-refractivity contribution in [1.29, 1.82) is 0 Å². The summed E-state index contributed by atoms with van der Waals surface area (Å²) in [7, 11) is 0. The molecule has 1 heterocycles. The number of nitrogens with two attached hydrogens (primary N) is 1. The number of halogens is 1. The highest BCUT2D eigenvalue weighted by atomic mass is 79.9. The summed E-state index contributed by atoms with van der Waals surface area (Å²) in [6.45, 7) is 0. The van der Waals surface area contributed by atoms with E-state index in [1.54, 1.807) is 6.07 Å². The summed E-state index contributed by atoms with van der Waals surface area (Å²) in [5.74, 6) is 0.428. The molecule has 0 aliphatic heterocycles. The molecule has 0 atom stereocenters. The Labute approximate surface area is 88.3 Å². The molecule has 2 aromatic rings. The molecule has 0 saturated carbocycles. The van der Waals surface area contributed by atoms with Gasteiger partial charge in [0.1, 0.15) is 5.82 Å². The molecule has 2 rings (SSSR count). The normalized spacial score (nSPS) is 10.4. The lowest BCUT2D eigenvalue weighted by Gasteiger charge is -2.01. The monoisotopic (exact) mass is 251 g/mol. The zero-order chi connectivity index (χ0) is 10.1. The van der Waals surface area contributed by atoms with Crippen molar-refractivity contribution in [3.8, 4) is 0 Å². The number of aldehydes is 1. The largest absolute Gasteiger partial charge is 0.383 e. The lowest BCUT2D eigenvalue weighted by molar-refractivity contribution is 0.111. The lowest BCUT2D eigenvalue weighted by Crippen LogP contribution is -1.99. The maximum absolute atomic E-state index is 10.5. The van der Waals surface area contributed by atoms with Crippen LogP contribution in [0, 0.1) is 0 Å². The van der Waals surface area contributed by atoms with E-state index < -0.39 is 0 Å². The van der Waals surface area contributed by atoms with Crippen molar-refractivity contribution in [2.24, 2.45) is 0 Å². The van der Waals surface area contributed by atoms with Crippen LogP contribution in [0.5, 0.6) is 0 Å². The van der Waals surface area contributed by atoms with Crippen LogP contribution in [0.15, 0.2) is 22.7 Å². The molecule has 0 amide bonds. The van der Waals surface area contributed by atoms with Crippen LogP contribution in [0.2, 0.25) is 0 Å². The first-order chi connectivity index (χ1) is 6.70. The highest BCUT2D eigenvalue weighted by molar-refractivity contribution is 9.10. The average molecular weight is 252 g/mol. The fraction of sp³-hybridized carbons (Fsp3) is 0. The van der Waals surface area contributed by atoms with Gasteiger partial charge in [0.2, 0.25) is 0 Å². The number of hydrogen-bond acceptors (Lipinski definition) is 4. The van der Waals surface area contributed by atoms with Gasteiger partial charge in [-0.15, -0.1) is 0 Å². The van der Waals surface area contributed by atoms with Gasteiger partial charge in [0.05, 0.1) is 5.52 Å². The molecule has 4 nitrogen and oxygen atoms in total. The predicted molar refractivity (Wildman–Crippen MR) is 57.0 cm³/mol. The van der Waals surface area contributed by atoms with Gasteiger partial charge in [-0.1, -0.05) is 15.9 Å². The first kappa shape index (κ1) is 9.08. The molecule has 0 saturated heterocycles. The zero-order valence-electron chi connectivity index (χ0n) is 7.07. The number of nitrogen functional groups attached to an aromatic ring is 1. The van der Waals surface area contributed by atoms with Gasteiger partial charge in [-0.25, -0.2) is 9.97 Å². The van der Waals surface area contributed by atoms with E-state index in [4.69, 9.17) is 5.73 Å². The van der Waals surface area contributed by atoms with Gasteiger partial charge < -0.3 is 5.73 Å². The number of carbonyl (C=O) groups is 1. The molecule has 70 valence electrons. The summed E-state index contributed by atoms with van der Waals surface area (Å²) in [6, 6.07) is 5.45. The van der Waals surface area contributed by atoms with E-state index in [0.29, 0.717) is 17.6 Å². The standard InChI is InChI=1S/C9H6BrN3O/c10-5-1-2-6-7(3-5)12-8(4-14)13-9(6)11/h1-4H,(H2,11,12,13). The second-order valence-corrected chi connectivity index (χ2v) is 3.66. The number of nitrogens with zero attached hydrogens (tertiary/aromatic N) is 2. The maximum Gasteiger partial charge on any atom is 0.195 e. The van der Waals surface area contributed by atoms with Crippen molar-refractivity contribution in [2.75, 3.05) is 5.73 Å². The SMILES string of the molecule is Nc1nc(C=O)nc2cc(Br)ccc12. The number of rotatable bonds is 1. The predicted octanol–water partition coefficient (Wildman–Crippen LogP) is 1.79. The molecule has 0 aliphatic carbocycles. The molecule has 14 heavy (non-hydrogen) atoms. The Morgan fingerprint density at radius 3 is 2.86 bits per heavy atom. The number of carbonyl (C=O) groups excluding carboxylic acids is 1. The molecule has 0 unspecified atom stereocenters. The Morgan fingerprint density at radius 1 is 1.36 bits per heavy atom. The topological polar surface area (TPSA) is 68.9 Å². The fourth-order valence-corrected chi connectivity index (χ4v) is 1.55. The molecule has 0 aliphatic rings. The lowest BCUT2D eigenvalue weighted by atomic mass is 10.2. The molecule has 0 fully saturated rings. The molecule has 1 aromatic carbocycles.